The van der Waals surface area contributed by atoms with Crippen molar-refractivity contribution in [3.05, 3.63) is 29.8 Å². The summed E-state index contributed by atoms with van der Waals surface area (Å²) in [5.41, 5.74) is 6.64. The van der Waals surface area contributed by atoms with Crippen molar-refractivity contribution in [2.24, 2.45) is 5.73 Å². The number of rotatable bonds is 5. The molecule has 2 amide bonds. The number of hydrogen-bond donors (Lipinski definition) is 4. The van der Waals surface area contributed by atoms with Gasteiger partial charge in [0, 0.05) is 12.3 Å². The Morgan fingerprint density at radius 2 is 1.84 bits per heavy atom. The van der Waals surface area contributed by atoms with Crippen LogP contribution in [0.2, 0.25) is 0 Å². The largest absolute Gasteiger partial charge is 0.396 e. The molecule has 0 saturated heterocycles. The van der Waals surface area contributed by atoms with E-state index in [4.69, 9.17) is 10.8 Å². The molecule has 0 bridgehead atoms. The van der Waals surface area contributed by atoms with Crippen molar-refractivity contribution >= 4 is 34.7 Å². The maximum atomic E-state index is 11.5. The first kappa shape index (κ1) is 15.1. The summed E-state index contributed by atoms with van der Waals surface area (Å²) in [7, 11) is 0. The van der Waals surface area contributed by atoms with Crippen LogP contribution in [0.3, 0.4) is 0 Å². The highest BCUT2D eigenvalue weighted by Gasteiger charge is 2.13. The highest BCUT2D eigenvalue weighted by molar-refractivity contribution is 7.80. The molecule has 5 N–H and O–H groups in total. The first-order valence-electron chi connectivity index (χ1n) is 5.60. The molecule has 0 aromatic heterocycles. The second-order valence-electron chi connectivity index (χ2n) is 3.77. The monoisotopic (exact) mass is 281 g/mol. The smallest absolute Gasteiger partial charge is 0.313 e. The van der Waals surface area contributed by atoms with Crippen molar-refractivity contribution in [2.75, 3.05) is 18.5 Å². The quantitative estimate of drug-likeness (QED) is 0.433. The van der Waals surface area contributed by atoms with Crippen LogP contribution in [0.5, 0.6) is 0 Å². The molecule has 0 aliphatic carbocycles. The molecular formula is C12H15N3O3S. The van der Waals surface area contributed by atoms with E-state index in [9.17, 15) is 9.59 Å². The van der Waals surface area contributed by atoms with Crippen LogP contribution in [-0.4, -0.2) is 35.1 Å². The molecule has 19 heavy (non-hydrogen) atoms. The second-order valence-corrected chi connectivity index (χ2v) is 4.30. The van der Waals surface area contributed by atoms with Crippen LogP contribution in [0, 0.1) is 0 Å². The third-order valence-electron chi connectivity index (χ3n) is 2.24. The van der Waals surface area contributed by atoms with Gasteiger partial charge in [-0.3, -0.25) is 9.59 Å². The normalized spacial score (nSPS) is 9.74. The Morgan fingerprint density at radius 3 is 2.37 bits per heavy atom. The predicted molar refractivity (Wildman–Crippen MR) is 75.7 cm³/mol. The van der Waals surface area contributed by atoms with E-state index in [1.807, 2.05) is 0 Å². The summed E-state index contributed by atoms with van der Waals surface area (Å²) < 4.78 is 0. The zero-order chi connectivity index (χ0) is 14.3. The Balaban J connectivity index is 2.51. The Kier molecular flexibility index (Phi) is 5.91. The number of aliphatic hydroxyl groups is 1. The van der Waals surface area contributed by atoms with Gasteiger partial charge in [0.05, 0.1) is 11.5 Å². The van der Waals surface area contributed by atoms with E-state index in [2.05, 4.69) is 22.9 Å². The Morgan fingerprint density at radius 1 is 1.21 bits per heavy atom. The number of aliphatic hydroxyl groups excluding tert-OH is 1. The van der Waals surface area contributed by atoms with Gasteiger partial charge in [-0.2, -0.15) is 0 Å². The van der Waals surface area contributed by atoms with Gasteiger partial charge < -0.3 is 21.5 Å². The van der Waals surface area contributed by atoms with Crippen molar-refractivity contribution in [3.8, 4) is 0 Å². The SMILES string of the molecule is NC(=S)CNC(=O)C(=O)Nc1ccc(CCO)cc1. The number of anilines is 1. The van der Waals surface area contributed by atoms with Crippen molar-refractivity contribution in [3.63, 3.8) is 0 Å². The van der Waals surface area contributed by atoms with Gasteiger partial charge in [0.15, 0.2) is 0 Å². The lowest BCUT2D eigenvalue weighted by atomic mass is 10.1. The molecule has 0 radical (unpaired) electrons. The van der Waals surface area contributed by atoms with Gasteiger partial charge in [-0.1, -0.05) is 24.4 Å². The molecule has 1 aromatic carbocycles. The van der Waals surface area contributed by atoms with Crippen molar-refractivity contribution in [1.82, 2.24) is 5.32 Å². The molecule has 0 atom stereocenters. The number of carbonyl (C=O) groups excluding carboxylic acids is 2. The summed E-state index contributed by atoms with van der Waals surface area (Å²) in [6.07, 6.45) is 0.544. The number of amides is 2. The Hall–Kier alpha value is -1.99. The minimum Gasteiger partial charge on any atom is -0.396 e. The molecule has 0 spiro atoms. The average molecular weight is 281 g/mol. The fraction of sp³-hybridized carbons (Fsp3) is 0.250. The Labute approximate surface area is 116 Å². The van der Waals surface area contributed by atoms with Crippen molar-refractivity contribution in [1.29, 1.82) is 0 Å². The van der Waals surface area contributed by atoms with Crippen LogP contribution in [0.4, 0.5) is 5.69 Å². The average Bonchev–Trinajstić information content (AvgIpc) is 2.38. The van der Waals surface area contributed by atoms with Gasteiger partial charge in [-0.25, -0.2) is 0 Å². The first-order valence-corrected chi connectivity index (χ1v) is 6.01. The molecule has 6 nitrogen and oxygen atoms in total. The van der Waals surface area contributed by atoms with E-state index in [1.54, 1.807) is 24.3 Å². The predicted octanol–water partition coefficient (Wildman–Crippen LogP) is -0.438. The van der Waals surface area contributed by atoms with Crippen LogP contribution in [0.25, 0.3) is 0 Å². The van der Waals surface area contributed by atoms with E-state index in [1.165, 1.54) is 0 Å². The molecule has 1 aromatic rings. The standard InChI is InChI=1S/C12H15N3O3S/c13-10(19)7-14-11(17)12(18)15-9-3-1-8(2-4-9)5-6-16/h1-4,16H,5-7H2,(H2,13,19)(H,14,17)(H,15,18). The zero-order valence-electron chi connectivity index (χ0n) is 10.2. The maximum absolute atomic E-state index is 11.5. The molecule has 0 aliphatic heterocycles. The van der Waals surface area contributed by atoms with E-state index in [0.717, 1.165) is 5.56 Å². The second kappa shape index (κ2) is 7.45. The van der Waals surface area contributed by atoms with Gasteiger partial charge >= 0.3 is 11.8 Å². The van der Waals surface area contributed by atoms with Gasteiger partial charge in [0.1, 0.15) is 0 Å². The molecule has 0 saturated carbocycles. The zero-order valence-corrected chi connectivity index (χ0v) is 11.0. The van der Waals surface area contributed by atoms with Gasteiger partial charge in [0.25, 0.3) is 0 Å². The maximum Gasteiger partial charge on any atom is 0.313 e. The number of nitrogens with two attached hydrogens (primary N) is 1. The lowest BCUT2D eigenvalue weighted by Gasteiger charge is -2.06. The van der Waals surface area contributed by atoms with Crippen molar-refractivity contribution < 1.29 is 14.7 Å². The van der Waals surface area contributed by atoms with E-state index in [0.29, 0.717) is 12.1 Å². The fourth-order valence-corrected chi connectivity index (χ4v) is 1.39. The molecule has 0 fully saturated rings. The minimum atomic E-state index is -0.799. The van der Waals surface area contributed by atoms with E-state index < -0.39 is 11.8 Å². The van der Waals surface area contributed by atoms with Gasteiger partial charge in [-0.15, -0.1) is 0 Å². The summed E-state index contributed by atoms with van der Waals surface area (Å²) in [5.74, 6) is -1.58. The van der Waals surface area contributed by atoms with Crippen LogP contribution in [0.1, 0.15) is 5.56 Å². The van der Waals surface area contributed by atoms with Crippen LogP contribution >= 0.6 is 12.2 Å². The molecule has 0 aliphatic rings. The van der Waals surface area contributed by atoms with Gasteiger partial charge in [-0.05, 0) is 24.1 Å². The van der Waals surface area contributed by atoms with Gasteiger partial charge in [0.2, 0.25) is 0 Å². The summed E-state index contributed by atoms with van der Waals surface area (Å²) in [4.78, 5) is 22.9. The first-order chi connectivity index (χ1) is 9.02. The van der Waals surface area contributed by atoms with Crippen LogP contribution in [0.15, 0.2) is 24.3 Å². The van der Waals surface area contributed by atoms with E-state index in [-0.39, 0.29) is 18.1 Å². The third kappa shape index (κ3) is 5.45. The lowest BCUT2D eigenvalue weighted by Crippen LogP contribution is -2.39. The number of nitrogens with one attached hydrogen (secondary N) is 2. The van der Waals surface area contributed by atoms with Crippen LogP contribution < -0.4 is 16.4 Å². The summed E-state index contributed by atoms with van der Waals surface area (Å²) in [6.45, 7) is 0.0458. The number of hydrogen-bond acceptors (Lipinski definition) is 4. The number of thiocarbonyl (C=S) groups is 1. The molecule has 7 heteroatoms. The number of carbonyl (C=O) groups is 2. The molecule has 0 unspecified atom stereocenters. The fourth-order valence-electron chi connectivity index (χ4n) is 1.32. The minimum absolute atomic E-state index is 0.0168. The van der Waals surface area contributed by atoms with Crippen molar-refractivity contribution in [2.45, 2.75) is 6.42 Å². The molecule has 1 rings (SSSR count). The number of benzene rings is 1. The van der Waals surface area contributed by atoms with Crippen LogP contribution in [-0.2, 0) is 16.0 Å². The topological polar surface area (TPSA) is 104 Å². The molecular weight excluding hydrogens is 266 g/mol. The lowest BCUT2D eigenvalue weighted by molar-refractivity contribution is -0.135. The summed E-state index contributed by atoms with van der Waals surface area (Å²) in [6, 6.07) is 6.84. The summed E-state index contributed by atoms with van der Waals surface area (Å²) in [5, 5.41) is 13.5. The highest BCUT2D eigenvalue weighted by Crippen LogP contribution is 2.09. The molecule has 102 valence electrons. The highest BCUT2D eigenvalue weighted by atomic mass is 32.1. The van der Waals surface area contributed by atoms with E-state index >= 15 is 0 Å². The molecule has 0 heterocycles. The Bertz CT molecular complexity index is 474. The third-order valence-corrected chi connectivity index (χ3v) is 2.39. The summed E-state index contributed by atoms with van der Waals surface area (Å²) >= 11 is 4.58.